The number of carbonyl (C=O) groups is 3. The highest BCUT2D eigenvalue weighted by Gasteiger charge is 2.27. The molecule has 148 valence electrons. The van der Waals surface area contributed by atoms with Gasteiger partial charge in [-0.3, -0.25) is 9.59 Å². The molecule has 6 nitrogen and oxygen atoms in total. The molecule has 27 heavy (non-hydrogen) atoms. The van der Waals surface area contributed by atoms with Gasteiger partial charge in [0.2, 0.25) is 5.91 Å². The third kappa shape index (κ3) is 9.58. The van der Waals surface area contributed by atoms with Crippen LogP contribution in [0.1, 0.15) is 53.5 Å². The van der Waals surface area contributed by atoms with Crippen LogP contribution in [0.5, 0.6) is 0 Å². The third-order valence-corrected chi connectivity index (χ3v) is 3.43. The summed E-state index contributed by atoms with van der Waals surface area (Å²) in [6.07, 6.45) is 2.27. The maximum Gasteiger partial charge on any atom is 0.355 e. The molecule has 6 heteroatoms. The molecule has 0 spiro atoms. The summed E-state index contributed by atoms with van der Waals surface area (Å²) < 4.78 is 5.08. The fourth-order valence-corrected chi connectivity index (χ4v) is 3.04. The van der Waals surface area contributed by atoms with Gasteiger partial charge in [0.15, 0.2) is 6.61 Å². The summed E-state index contributed by atoms with van der Waals surface area (Å²) in [4.78, 5) is 35.8. The van der Waals surface area contributed by atoms with Gasteiger partial charge in [0.1, 0.15) is 5.70 Å². The van der Waals surface area contributed by atoms with E-state index in [4.69, 9.17) is 4.74 Å². The molecule has 0 saturated heterocycles. The van der Waals surface area contributed by atoms with Crippen LogP contribution in [0.3, 0.4) is 0 Å². The minimum Gasteiger partial charge on any atom is -0.451 e. The van der Waals surface area contributed by atoms with Gasteiger partial charge < -0.3 is 15.4 Å². The van der Waals surface area contributed by atoms with Crippen LogP contribution >= 0.6 is 0 Å². The summed E-state index contributed by atoms with van der Waals surface area (Å²) in [7, 11) is 0. The van der Waals surface area contributed by atoms with Gasteiger partial charge in [-0.2, -0.15) is 0 Å². The van der Waals surface area contributed by atoms with Gasteiger partial charge in [-0.1, -0.05) is 51.1 Å². The fraction of sp³-hybridized carbons (Fsp3) is 0.476. The van der Waals surface area contributed by atoms with Gasteiger partial charge in [0.25, 0.3) is 5.91 Å². The predicted octanol–water partition coefficient (Wildman–Crippen LogP) is 3.04. The van der Waals surface area contributed by atoms with Gasteiger partial charge in [0, 0.05) is 12.5 Å². The normalized spacial score (nSPS) is 12.3. The van der Waals surface area contributed by atoms with E-state index in [2.05, 4.69) is 31.4 Å². The highest BCUT2D eigenvalue weighted by molar-refractivity contribution is 5.98. The average molecular weight is 374 g/mol. The lowest BCUT2D eigenvalue weighted by atomic mass is 9.82. The molecular formula is C21H30N2O4. The van der Waals surface area contributed by atoms with Crippen molar-refractivity contribution in [2.24, 2.45) is 5.41 Å². The Kier molecular flexibility index (Phi) is 7.76. The smallest absolute Gasteiger partial charge is 0.355 e. The lowest BCUT2D eigenvalue weighted by Crippen LogP contribution is -2.47. The molecule has 1 aromatic carbocycles. The molecule has 1 rings (SSSR count). The SMILES string of the molecule is CC(=O)N/C(=C\c1ccccc1)C(=O)OCC(=O)NC(C)(C)CC(C)(C)C. The quantitative estimate of drug-likeness (QED) is 0.567. The maximum atomic E-state index is 12.3. The Morgan fingerprint density at radius 2 is 1.63 bits per heavy atom. The number of hydrogen-bond acceptors (Lipinski definition) is 4. The Balaban J connectivity index is 2.72. The van der Waals surface area contributed by atoms with E-state index in [1.807, 2.05) is 32.0 Å². The van der Waals surface area contributed by atoms with Crippen molar-refractivity contribution in [3.05, 3.63) is 41.6 Å². The van der Waals surface area contributed by atoms with E-state index in [1.165, 1.54) is 13.0 Å². The molecule has 1 aromatic rings. The van der Waals surface area contributed by atoms with E-state index in [0.717, 1.165) is 12.0 Å². The molecule has 0 atom stereocenters. The topological polar surface area (TPSA) is 84.5 Å². The fourth-order valence-electron chi connectivity index (χ4n) is 3.04. The summed E-state index contributed by atoms with van der Waals surface area (Å²) in [5.74, 6) is -1.55. The van der Waals surface area contributed by atoms with E-state index < -0.39 is 24.0 Å². The molecule has 0 aromatic heterocycles. The van der Waals surface area contributed by atoms with Gasteiger partial charge in [-0.25, -0.2) is 4.79 Å². The molecule has 0 aliphatic heterocycles. The lowest BCUT2D eigenvalue weighted by Gasteiger charge is -2.33. The van der Waals surface area contributed by atoms with Crippen molar-refractivity contribution in [1.82, 2.24) is 10.6 Å². The lowest BCUT2D eigenvalue weighted by molar-refractivity contribution is -0.146. The summed E-state index contributed by atoms with van der Waals surface area (Å²) in [5, 5.41) is 5.32. The molecule has 0 aliphatic rings. The Morgan fingerprint density at radius 1 is 1.04 bits per heavy atom. The third-order valence-electron chi connectivity index (χ3n) is 3.43. The second kappa shape index (κ2) is 9.35. The first kappa shape index (κ1) is 22.4. The number of benzene rings is 1. The van der Waals surface area contributed by atoms with Gasteiger partial charge in [0.05, 0.1) is 0 Å². The van der Waals surface area contributed by atoms with Crippen molar-refractivity contribution in [3.63, 3.8) is 0 Å². The monoisotopic (exact) mass is 374 g/mol. The number of nitrogens with one attached hydrogen (secondary N) is 2. The second-order valence-electron chi connectivity index (χ2n) is 8.40. The van der Waals surface area contributed by atoms with Crippen molar-refractivity contribution in [2.45, 2.75) is 53.5 Å². The molecule has 2 amide bonds. The van der Waals surface area contributed by atoms with Crippen LogP contribution in [0, 0.1) is 5.41 Å². The first-order valence-corrected chi connectivity index (χ1v) is 8.90. The molecule has 0 heterocycles. The molecule has 0 unspecified atom stereocenters. The first-order valence-electron chi connectivity index (χ1n) is 8.90. The zero-order chi connectivity index (χ0) is 20.7. The Morgan fingerprint density at radius 3 is 2.15 bits per heavy atom. The molecule has 0 radical (unpaired) electrons. The van der Waals surface area contributed by atoms with Crippen molar-refractivity contribution in [3.8, 4) is 0 Å². The highest BCUT2D eigenvalue weighted by atomic mass is 16.5. The van der Waals surface area contributed by atoms with Crippen LogP contribution in [-0.4, -0.2) is 29.9 Å². The van der Waals surface area contributed by atoms with Crippen LogP contribution in [0.4, 0.5) is 0 Å². The van der Waals surface area contributed by atoms with E-state index in [1.54, 1.807) is 12.1 Å². The van der Waals surface area contributed by atoms with Crippen LogP contribution < -0.4 is 10.6 Å². The van der Waals surface area contributed by atoms with Gasteiger partial charge in [-0.15, -0.1) is 0 Å². The van der Waals surface area contributed by atoms with Crippen LogP contribution in [0.15, 0.2) is 36.0 Å². The molecule has 0 bridgehead atoms. The molecule has 0 aliphatic carbocycles. The van der Waals surface area contributed by atoms with Crippen molar-refractivity contribution < 1.29 is 19.1 Å². The van der Waals surface area contributed by atoms with Crippen LogP contribution in [0.25, 0.3) is 6.08 Å². The number of ether oxygens (including phenoxy) is 1. The number of rotatable bonds is 7. The Hall–Kier alpha value is -2.63. The van der Waals surface area contributed by atoms with E-state index in [0.29, 0.717) is 0 Å². The second-order valence-corrected chi connectivity index (χ2v) is 8.40. The summed E-state index contributed by atoms with van der Waals surface area (Å²) >= 11 is 0. The van der Waals surface area contributed by atoms with Gasteiger partial charge >= 0.3 is 5.97 Å². The van der Waals surface area contributed by atoms with Crippen LogP contribution in [0.2, 0.25) is 0 Å². The average Bonchev–Trinajstić information content (AvgIpc) is 2.49. The standard InChI is InChI=1S/C21H30N2O4/c1-15(24)22-17(12-16-10-8-7-9-11-16)19(26)27-13-18(25)23-21(5,6)14-20(2,3)4/h7-12H,13-14H2,1-6H3,(H,22,24)(H,23,25)/b17-12-. The summed E-state index contributed by atoms with van der Waals surface area (Å²) in [6.45, 7) is 11.0. The van der Waals surface area contributed by atoms with E-state index in [-0.39, 0.29) is 17.0 Å². The number of esters is 1. The zero-order valence-corrected chi connectivity index (χ0v) is 17.0. The minimum atomic E-state index is -0.766. The van der Waals surface area contributed by atoms with Crippen molar-refractivity contribution in [1.29, 1.82) is 0 Å². The summed E-state index contributed by atoms with van der Waals surface area (Å²) in [5.41, 5.74) is 0.330. The van der Waals surface area contributed by atoms with Gasteiger partial charge in [-0.05, 0) is 37.3 Å². The summed E-state index contributed by atoms with van der Waals surface area (Å²) in [6, 6.07) is 9.05. The predicted molar refractivity (Wildman–Crippen MR) is 105 cm³/mol. The first-order chi connectivity index (χ1) is 12.4. The number of carbonyl (C=O) groups excluding carboxylic acids is 3. The maximum absolute atomic E-state index is 12.3. The van der Waals surface area contributed by atoms with E-state index in [9.17, 15) is 14.4 Å². The largest absolute Gasteiger partial charge is 0.451 e. The Labute approximate surface area is 161 Å². The minimum absolute atomic E-state index is 0.0181. The molecular weight excluding hydrogens is 344 g/mol. The van der Waals surface area contributed by atoms with Crippen molar-refractivity contribution >= 4 is 23.9 Å². The number of amides is 2. The molecule has 2 N–H and O–H groups in total. The number of hydrogen-bond donors (Lipinski definition) is 2. The Bertz CT molecular complexity index is 701. The highest BCUT2D eigenvalue weighted by Crippen LogP contribution is 2.26. The van der Waals surface area contributed by atoms with Crippen molar-refractivity contribution in [2.75, 3.05) is 6.61 Å². The van der Waals surface area contributed by atoms with Crippen LogP contribution in [-0.2, 0) is 19.1 Å². The molecule has 0 fully saturated rings. The zero-order valence-electron chi connectivity index (χ0n) is 17.0. The van der Waals surface area contributed by atoms with E-state index >= 15 is 0 Å². The molecule has 0 saturated carbocycles.